The highest BCUT2D eigenvalue weighted by atomic mass is 32.1. The van der Waals surface area contributed by atoms with Crippen LogP contribution in [0.15, 0.2) is 102 Å². The van der Waals surface area contributed by atoms with Crippen LogP contribution in [-0.2, 0) is 16.0 Å². The molecule has 3 amide bonds. The third kappa shape index (κ3) is 6.80. The molecule has 0 bridgehead atoms. The number of amides is 3. The molecule has 0 saturated heterocycles. The Labute approximate surface area is 213 Å². The molecule has 0 fully saturated rings. The molecule has 3 N–H and O–H groups in total. The van der Waals surface area contributed by atoms with Crippen LogP contribution in [0.2, 0.25) is 0 Å². The van der Waals surface area contributed by atoms with E-state index in [4.69, 9.17) is 4.74 Å². The summed E-state index contributed by atoms with van der Waals surface area (Å²) in [5.74, 6) is -0.875. The molecule has 0 aliphatic carbocycles. The number of para-hydroxylation sites is 1. The molecule has 7 nitrogen and oxygen atoms in total. The third-order valence-corrected chi connectivity index (χ3v) is 6.17. The van der Waals surface area contributed by atoms with Crippen molar-refractivity contribution in [1.82, 2.24) is 16.2 Å². The van der Waals surface area contributed by atoms with Crippen molar-refractivity contribution in [3.8, 4) is 16.9 Å². The minimum Gasteiger partial charge on any atom is -0.483 e. The van der Waals surface area contributed by atoms with Gasteiger partial charge in [-0.1, -0.05) is 84.9 Å². The van der Waals surface area contributed by atoms with Gasteiger partial charge in [-0.05, 0) is 28.6 Å². The van der Waals surface area contributed by atoms with Gasteiger partial charge in [0, 0.05) is 12.0 Å². The maximum absolute atomic E-state index is 12.9. The van der Waals surface area contributed by atoms with Gasteiger partial charge in [-0.3, -0.25) is 25.2 Å². The molecule has 4 aromatic rings. The van der Waals surface area contributed by atoms with E-state index >= 15 is 0 Å². The first-order chi connectivity index (χ1) is 17.6. The zero-order valence-corrected chi connectivity index (χ0v) is 20.2. The Balaban J connectivity index is 1.35. The van der Waals surface area contributed by atoms with Crippen molar-refractivity contribution in [2.24, 2.45) is 0 Å². The second-order valence-corrected chi connectivity index (χ2v) is 8.83. The van der Waals surface area contributed by atoms with Gasteiger partial charge in [-0.2, -0.15) is 0 Å². The Morgan fingerprint density at radius 1 is 0.778 bits per heavy atom. The van der Waals surface area contributed by atoms with E-state index in [9.17, 15) is 14.4 Å². The van der Waals surface area contributed by atoms with Crippen LogP contribution < -0.4 is 20.9 Å². The molecule has 1 heterocycles. The molecule has 4 rings (SSSR count). The van der Waals surface area contributed by atoms with Gasteiger partial charge >= 0.3 is 0 Å². The standard InChI is InChI=1S/C28H25N3O4S/c32-26(19-35-24-15-8-7-14-22(24)21-12-5-2-6-13-21)30-31-27(33)23(18-20-10-3-1-4-11-20)29-28(34)25-16-9-17-36-25/h1-17,23H,18-19H2,(H,29,34)(H,30,32)(H,31,33). The molecular weight excluding hydrogens is 474 g/mol. The second kappa shape index (κ2) is 12.3. The average molecular weight is 500 g/mol. The van der Waals surface area contributed by atoms with Crippen molar-refractivity contribution in [3.05, 3.63) is 113 Å². The maximum Gasteiger partial charge on any atom is 0.276 e. The lowest BCUT2D eigenvalue weighted by molar-refractivity contribution is -0.130. The third-order valence-electron chi connectivity index (χ3n) is 5.31. The fourth-order valence-corrected chi connectivity index (χ4v) is 4.17. The highest BCUT2D eigenvalue weighted by Crippen LogP contribution is 2.29. The molecule has 0 saturated carbocycles. The number of nitrogens with one attached hydrogen (secondary N) is 3. The lowest BCUT2D eigenvalue weighted by Gasteiger charge is -2.19. The monoisotopic (exact) mass is 499 g/mol. The average Bonchev–Trinajstić information content (AvgIpc) is 3.47. The lowest BCUT2D eigenvalue weighted by atomic mass is 10.1. The van der Waals surface area contributed by atoms with Crippen LogP contribution in [0.4, 0.5) is 0 Å². The Morgan fingerprint density at radius 2 is 1.47 bits per heavy atom. The smallest absolute Gasteiger partial charge is 0.276 e. The largest absolute Gasteiger partial charge is 0.483 e. The van der Waals surface area contributed by atoms with Gasteiger partial charge < -0.3 is 10.1 Å². The minimum atomic E-state index is -0.887. The molecule has 0 spiro atoms. The number of hydrogen-bond acceptors (Lipinski definition) is 5. The SMILES string of the molecule is O=C(COc1ccccc1-c1ccccc1)NNC(=O)C(Cc1ccccc1)NC(=O)c1cccs1. The lowest BCUT2D eigenvalue weighted by Crippen LogP contribution is -2.53. The summed E-state index contributed by atoms with van der Waals surface area (Å²) in [5, 5.41) is 4.54. The molecule has 36 heavy (non-hydrogen) atoms. The summed E-state index contributed by atoms with van der Waals surface area (Å²) < 4.78 is 5.72. The van der Waals surface area contributed by atoms with E-state index in [0.717, 1.165) is 16.7 Å². The molecule has 3 aromatic carbocycles. The van der Waals surface area contributed by atoms with Crippen molar-refractivity contribution in [1.29, 1.82) is 0 Å². The Morgan fingerprint density at radius 3 is 2.19 bits per heavy atom. The first kappa shape index (κ1) is 24.7. The zero-order chi connectivity index (χ0) is 25.2. The summed E-state index contributed by atoms with van der Waals surface area (Å²) in [4.78, 5) is 38.4. The number of hydrogen-bond donors (Lipinski definition) is 3. The van der Waals surface area contributed by atoms with E-state index in [1.54, 1.807) is 23.6 Å². The number of hydrazine groups is 1. The fraction of sp³-hybridized carbons (Fsp3) is 0.107. The van der Waals surface area contributed by atoms with E-state index in [-0.39, 0.29) is 18.9 Å². The highest BCUT2D eigenvalue weighted by molar-refractivity contribution is 7.12. The van der Waals surface area contributed by atoms with Crippen molar-refractivity contribution < 1.29 is 19.1 Å². The molecule has 182 valence electrons. The fourth-order valence-electron chi connectivity index (χ4n) is 3.54. The first-order valence-corrected chi connectivity index (χ1v) is 12.2. The van der Waals surface area contributed by atoms with Gasteiger partial charge in [0.2, 0.25) is 0 Å². The number of rotatable bonds is 9. The molecule has 1 unspecified atom stereocenters. The molecule has 0 aliphatic rings. The zero-order valence-electron chi connectivity index (χ0n) is 19.3. The number of carbonyl (C=O) groups is 3. The van der Waals surface area contributed by atoms with E-state index in [1.807, 2.05) is 78.9 Å². The predicted octanol–water partition coefficient (Wildman–Crippen LogP) is 3.98. The van der Waals surface area contributed by atoms with Crippen molar-refractivity contribution >= 4 is 29.1 Å². The van der Waals surface area contributed by atoms with Crippen molar-refractivity contribution in [2.45, 2.75) is 12.5 Å². The summed E-state index contributed by atoms with van der Waals surface area (Å²) in [5.41, 5.74) is 7.47. The van der Waals surface area contributed by atoms with Gasteiger partial charge in [-0.25, -0.2) is 0 Å². The summed E-state index contributed by atoms with van der Waals surface area (Å²) in [6, 6.07) is 29.0. The predicted molar refractivity (Wildman–Crippen MR) is 139 cm³/mol. The van der Waals surface area contributed by atoms with E-state index in [1.165, 1.54) is 11.3 Å². The van der Waals surface area contributed by atoms with Crippen LogP contribution in [0.5, 0.6) is 5.75 Å². The number of ether oxygens (including phenoxy) is 1. The minimum absolute atomic E-state index is 0.264. The summed E-state index contributed by atoms with van der Waals surface area (Å²) >= 11 is 1.28. The molecule has 1 aromatic heterocycles. The molecular formula is C28H25N3O4S. The van der Waals surface area contributed by atoms with E-state index in [0.29, 0.717) is 10.6 Å². The van der Waals surface area contributed by atoms with Crippen LogP contribution in [0.3, 0.4) is 0 Å². The Hall–Kier alpha value is -4.43. The molecule has 0 aliphatic heterocycles. The molecule has 0 radical (unpaired) electrons. The van der Waals surface area contributed by atoms with Crippen molar-refractivity contribution in [3.63, 3.8) is 0 Å². The van der Waals surface area contributed by atoms with Gasteiger partial charge in [0.15, 0.2) is 6.61 Å². The van der Waals surface area contributed by atoms with Crippen LogP contribution in [0, 0.1) is 0 Å². The number of benzene rings is 3. The highest BCUT2D eigenvalue weighted by Gasteiger charge is 2.23. The van der Waals surface area contributed by atoms with Crippen LogP contribution >= 0.6 is 11.3 Å². The summed E-state index contributed by atoms with van der Waals surface area (Å²) in [6.07, 6.45) is 0.264. The van der Waals surface area contributed by atoms with Crippen LogP contribution in [-0.4, -0.2) is 30.4 Å². The number of thiophene rings is 1. The van der Waals surface area contributed by atoms with Crippen molar-refractivity contribution in [2.75, 3.05) is 6.61 Å². The normalized spacial score (nSPS) is 11.2. The van der Waals surface area contributed by atoms with Crippen LogP contribution in [0.25, 0.3) is 11.1 Å². The molecule has 8 heteroatoms. The topological polar surface area (TPSA) is 96.5 Å². The Bertz CT molecular complexity index is 1290. The van der Waals surface area contributed by atoms with Gasteiger partial charge in [0.1, 0.15) is 11.8 Å². The number of carbonyl (C=O) groups excluding carboxylic acids is 3. The summed E-state index contributed by atoms with van der Waals surface area (Å²) in [7, 11) is 0. The van der Waals surface area contributed by atoms with Gasteiger partial charge in [0.25, 0.3) is 17.7 Å². The first-order valence-electron chi connectivity index (χ1n) is 11.3. The van der Waals surface area contributed by atoms with E-state index < -0.39 is 17.9 Å². The van der Waals surface area contributed by atoms with Crippen LogP contribution in [0.1, 0.15) is 15.2 Å². The van der Waals surface area contributed by atoms with Gasteiger partial charge in [0.05, 0.1) is 4.88 Å². The summed E-state index contributed by atoms with van der Waals surface area (Å²) in [6.45, 7) is -0.297. The quantitative estimate of drug-likeness (QED) is 0.304. The maximum atomic E-state index is 12.9. The van der Waals surface area contributed by atoms with E-state index in [2.05, 4.69) is 16.2 Å². The Kier molecular flexibility index (Phi) is 8.45. The molecule has 1 atom stereocenters. The second-order valence-electron chi connectivity index (χ2n) is 7.88. The van der Waals surface area contributed by atoms with Gasteiger partial charge in [-0.15, -0.1) is 11.3 Å².